The van der Waals surface area contributed by atoms with Crippen molar-refractivity contribution in [2.45, 2.75) is 264 Å². The first-order valence-corrected chi connectivity index (χ1v) is 26.3. The second-order valence-corrected chi connectivity index (χ2v) is 17.5. The van der Waals surface area contributed by atoms with Crippen LogP contribution in [0, 0.1) is 0 Å². The zero-order chi connectivity index (χ0) is 45.1. The van der Waals surface area contributed by atoms with Crippen molar-refractivity contribution in [3.8, 4) is 0 Å². The summed E-state index contributed by atoms with van der Waals surface area (Å²) >= 11 is 0. The maximum absolute atomic E-state index is 12.8. The normalized spacial score (nSPS) is 12.5. The highest BCUT2D eigenvalue weighted by molar-refractivity contribution is 5.71. The second kappa shape index (κ2) is 50.8. The molecule has 0 aliphatic carbocycles. The maximum Gasteiger partial charge on any atom is 0.306 e. The van der Waals surface area contributed by atoms with Crippen LogP contribution >= 0.6 is 0 Å². The van der Waals surface area contributed by atoms with Gasteiger partial charge >= 0.3 is 17.9 Å². The molecule has 0 aliphatic rings. The Labute approximate surface area is 383 Å². The molecule has 0 spiro atoms. The lowest BCUT2D eigenvalue weighted by atomic mass is 10.0. The fourth-order valence-electron chi connectivity index (χ4n) is 7.39. The van der Waals surface area contributed by atoms with Crippen molar-refractivity contribution in [2.24, 2.45) is 0 Å². The number of carbonyl (C=O) groups excluding carboxylic acids is 3. The van der Waals surface area contributed by atoms with E-state index in [1.165, 1.54) is 135 Å². The number of allylic oxidation sites excluding steroid dienone is 10. The minimum absolute atomic E-state index is 0.0929. The molecule has 0 aromatic carbocycles. The van der Waals surface area contributed by atoms with Gasteiger partial charge in [0.15, 0.2) is 6.10 Å². The molecule has 0 bridgehead atoms. The van der Waals surface area contributed by atoms with Gasteiger partial charge in [0.1, 0.15) is 13.2 Å². The molecule has 62 heavy (non-hydrogen) atoms. The van der Waals surface area contributed by atoms with Crippen LogP contribution in [0.4, 0.5) is 0 Å². The maximum atomic E-state index is 12.8. The van der Waals surface area contributed by atoms with E-state index < -0.39 is 6.10 Å². The molecule has 6 nitrogen and oxygen atoms in total. The summed E-state index contributed by atoms with van der Waals surface area (Å²) < 4.78 is 16.8. The fraction of sp³-hybridized carbons (Fsp3) is 0.768. The van der Waals surface area contributed by atoms with Crippen LogP contribution in [-0.4, -0.2) is 37.2 Å². The van der Waals surface area contributed by atoms with Crippen molar-refractivity contribution in [2.75, 3.05) is 13.2 Å². The van der Waals surface area contributed by atoms with Gasteiger partial charge in [-0.1, -0.05) is 236 Å². The number of ether oxygens (including phenoxy) is 3. The lowest BCUT2D eigenvalue weighted by Gasteiger charge is -2.18. The van der Waals surface area contributed by atoms with E-state index in [2.05, 4.69) is 45.1 Å². The van der Waals surface area contributed by atoms with Gasteiger partial charge in [0.25, 0.3) is 0 Å². The van der Waals surface area contributed by atoms with Crippen LogP contribution in [0.3, 0.4) is 0 Å². The average Bonchev–Trinajstić information content (AvgIpc) is 3.27. The van der Waals surface area contributed by atoms with Crippen LogP contribution in [0.25, 0.3) is 0 Å². The number of unbranched alkanes of at least 4 members (excludes halogenated alkanes) is 29. The molecule has 0 aromatic rings. The molecule has 0 aromatic heterocycles. The molecule has 0 aliphatic heterocycles. The Morgan fingerprint density at radius 2 is 0.645 bits per heavy atom. The Morgan fingerprint density at radius 1 is 0.339 bits per heavy atom. The van der Waals surface area contributed by atoms with E-state index in [0.717, 1.165) is 83.5 Å². The quantitative estimate of drug-likeness (QED) is 0.0199. The monoisotopic (exact) mass is 867 g/mol. The Balaban J connectivity index is 4.39. The van der Waals surface area contributed by atoms with Crippen LogP contribution in [0.1, 0.15) is 258 Å². The molecule has 0 radical (unpaired) electrons. The zero-order valence-electron chi connectivity index (χ0n) is 40.9. The fourth-order valence-corrected chi connectivity index (χ4v) is 7.39. The summed E-state index contributed by atoms with van der Waals surface area (Å²) in [5.41, 5.74) is 0. The van der Waals surface area contributed by atoms with Crippen molar-refractivity contribution in [3.05, 3.63) is 60.8 Å². The number of rotatable bonds is 47. The summed E-state index contributed by atoms with van der Waals surface area (Å²) in [6.45, 7) is 6.46. The standard InChI is InChI=1S/C56H98O6/c1-4-7-10-13-16-19-22-25-26-27-28-29-32-34-37-40-43-46-49-55(58)61-52-53(62-56(59)50-47-44-41-38-35-31-24-21-18-15-12-9-6-3)51-60-54(57)48-45-42-39-36-33-30-23-20-17-14-11-8-5-2/h9,12,15,18,21,24,30-31,33,35,53H,4-8,10-11,13-14,16-17,19-20,22-23,25-29,32,34,36-52H2,1-3H3/b12-9+,18-15+,24-21+,33-30+,35-31+. The lowest BCUT2D eigenvalue weighted by molar-refractivity contribution is -0.167. The van der Waals surface area contributed by atoms with Crippen molar-refractivity contribution in [3.63, 3.8) is 0 Å². The molecular formula is C56H98O6. The van der Waals surface area contributed by atoms with Crippen LogP contribution in [0.2, 0.25) is 0 Å². The van der Waals surface area contributed by atoms with Gasteiger partial charge in [-0.05, 0) is 64.2 Å². The van der Waals surface area contributed by atoms with Crippen LogP contribution in [0.15, 0.2) is 60.8 Å². The molecular weight excluding hydrogens is 769 g/mol. The number of hydrogen-bond acceptors (Lipinski definition) is 6. The summed E-state index contributed by atoms with van der Waals surface area (Å²) in [5, 5.41) is 0. The molecule has 1 atom stereocenters. The summed E-state index contributed by atoms with van der Waals surface area (Å²) in [5.74, 6) is -0.943. The molecule has 0 heterocycles. The van der Waals surface area contributed by atoms with E-state index in [1.807, 2.05) is 36.5 Å². The zero-order valence-corrected chi connectivity index (χ0v) is 40.9. The van der Waals surface area contributed by atoms with Gasteiger partial charge in [0.05, 0.1) is 0 Å². The Hall–Kier alpha value is -2.89. The first-order valence-electron chi connectivity index (χ1n) is 26.3. The number of carbonyl (C=O) groups is 3. The predicted molar refractivity (Wildman–Crippen MR) is 265 cm³/mol. The summed E-state index contributed by atoms with van der Waals surface area (Å²) in [6, 6.07) is 0. The first kappa shape index (κ1) is 59.1. The Kier molecular flexibility index (Phi) is 48.4. The van der Waals surface area contributed by atoms with Gasteiger partial charge in [-0.25, -0.2) is 0 Å². The highest BCUT2D eigenvalue weighted by Gasteiger charge is 2.19. The third-order valence-corrected chi connectivity index (χ3v) is 11.4. The molecule has 0 saturated heterocycles. The SMILES string of the molecule is CC/C=C/C=C/C=C/C=C/CCCCCC(=O)OC(COC(=O)CCCCC/C=C/CCCCCCCC)COC(=O)CCCCCCCCCCCCCCCCCCCC. The van der Waals surface area contributed by atoms with E-state index in [0.29, 0.717) is 12.8 Å². The van der Waals surface area contributed by atoms with Crippen LogP contribution < -0.4 is 0 Å². The van der Waals surface area contributed by atoms with E-state index in [-0.39, 0.29) is 37.5 Å². The second-order valence-electron chi connectivity index (χ2n) is 17.5. The van der Waals surface area contributed by atoms with E-state index in [1.54, 1.807) is 0 Å². The minimum atomic E-state index is -0.797. The van der Waals surface area contributed by atoms with Crippen molar-refractivity contribution in [1.82, 2.24) is 0 Å². The molecule has 0 N–H and O–H groups in total. The summed E-state index contributed by atoms with van der Waals surface area (Å²) in [6.07, 6.45) is 62.1. The van der Waals surface area contributed by atoms with Gasteiger partial charge in [0, 0.05) is 19.3 Å². The Bertz CT molecular complexity index is 1130. The van der Waals surface area contributed by atoms with E-state index in [9.17, 15) is 14.4 Å². The van der Waals surface area contributed by atoms with Crippen molar-refractivity contribution in [1.29, 1.82) is 0 Å². The molecule has 0 amide bonds. The van der Waals surface area contributed by atoms with Gasteiger partial charge in [-0.15, -0.1) is 0 Å². The van der Waals surface area contributed by atoms with Gasteiger partial charge in [-0.3, -0.25) is 14.4 Å². The predicted octanol–water partition coefficient (Wildman–Crippen LogP) is 17.3. The molecule has 1 unspecified atom stereocenters. The highest BCUT2D eigenvalue weighted by Crippen LogP contribution is 2.16. The van der Waals surface area contributed by atoms with E-state index >= 15 is 0 Å². The van der Waals surface area contributed by atoms with Gasteiger partial charge < -0.3 is 14.2 Å². The molecule has 358 valence electrons. The van der Waals surface area contributed by atoms with E-state index in [4.69, 9.17) is 14.2 Å². The third-order valence-electron chi connectivity index (χ3n) is 11.4. The van der Waals surface area contributed by atoms with Crippen molar-refractivity contribution >= 4 is 17.9 Å². The van der Waals surface area contributed by atoms with Crippen LogP contribution in [-0.2, 0) is 28.6 Å². The summed E-state index contributed by atoms with van der Waals surface area (Å²) in [7, 11) is 0. The number of hydrogen-bond donors (Lipinski definition) is 0. The highest BCUT2D eigenvalue weighted by atomic mass is 16.6. The van der Waals surface area contributed by atoms with Crippen LogP contribution in [0.5, 0.6) is 0 Å². The molecule has 0 saturated carbocycles. The number of esters is 3. The Morgan fingerprint density at radius 3 is 1.05 bits per heavy atom. The van der Waals surface area contributed by atoms with Gasteiger partial charge in [-0.2, -0.15) is 0 Å². The topological polar surface area (TPSA) is 78.9 Å². The lowest BCUT2D eigenvalue weighted by Crippen LogP contribution is -2.30. The average molecular weight is 867 g/mol. The summed E-state index contributed by atoms with van der Waals surface area (Å²) in [4.78, 5) is 37.9. The van der Waals surface area contributed by atoms with Gasteiger partial charge in [0.2, 0.25) is 0 Å². The smallest absolute Gasteiger partial charge is 0.306 e. The largest absolute Gasteiger partial charge is 0.462 e. The first-order chi connectivity index (χ1) is 30.5. The van der Waals surface area contributed by atoms with Crippen molar-refractivity contribution < 1.29 is 28.6 Å². The molecule has 0 rings (SSSR count). The third kappa shape index (κ3) is 48.1. The molecule has 0 fully saturated rings. The minimum Gasteiger partial charge on any atom is -0.462 e. The molecule has 6 heteroatoms.